The topological polar surface area (TPSA) is 100 Å². The van der Waals surface area contributed by atoms with Crippen LogP contribution < -0.4 is 15.5 Å². The van der Waals surface area contributed by atoms with Gasteiger partial charge in [-0.2, -0.15) is 5.10 Å². The van der Waals surface area contributed by atoms with Gasteiger partial charge in [0.2, 0.25) is 0 Å². The number of carbonyl (C=O) groups is 2. The van der Waals surface area contributed by atoms with Crippen molar-refractivity contribution < 1.29 is 23.8 Å². The van der Waals surface area contributed by atoms with Crippen molar-refractivity contribution >= 4 is 23.7 Å². The number of phenols is 1. The number of nitrogens with zero attached hydrogens (tertiary/aromatic N) is 1. The zero-order chi connectivity index (χ0) is 17.5. The van der Waals surface area contributed by atoms with Crippen molar-refractivity contribution in [3.05, 3.63) is 53.8 Å². The van der Waals surface area contributed by atoms with E-state index in [1.165, 1.54) is 37.6 Å². The number of aromatic hydroxyl groups is 1. The molecule has 0 saturated carbocycles. The van der Waals surface area contributed by atoms with E-state index in [1.54, 1.807) is 6.07 Å². The molecule has 0 aliphatic heterocycles. The molecule has 0 radical (unpaired) electrons. The summed E-state index contributed by atoms with van der Waals surface area (Å²) < 4.78 is 17.7. The number of hydrazone groups is 1. The molecule has 2 amide bonds. The maximum Gasteiger partial charge on any atom is 0.329 e. The Morgan fingerprint density at radius 3 is 2.54 bits per heavy atom. The quantitative estimate of drug-likeness (QED) is 0.450. The van der Waals surface area contributed by atoms with Gasteiger partial charge in [-0.05, 0) is 48.0 Å². The number of hydrogen-bond donors (Lipinski definition) is 3. The Morgan fingerprint density at radius 1 is 1.17 bits per heavy atom. The van der Waals surface area contributed by atoms with Gasteiger partial charge in [0.25, 0.3) is 0 Å². The molecule has 0 aliphatic rings. The summed E-state index contributed by atoms with van der Waals surface area (Å²) in [5, 5.41) is 15.4. The van der Waals surface area contributed by atoms with Gasteiger partial charge in [0.05, 0.1) is 13.3 Å². The molecule has 124 valence electrons. The van der Waals surface area contributed by atoms with E-state index in [-0.39, 0.29) is 17.2 Å². The molecule has 2 rings (SSSR count). The molecule has 0 aromatic heterocycles. The van der Waals surface area contributed by atoms with Gasteiger partial charge in [-0.25, -0.2) is 9.82 Å². The number of rotatable bonds is 4. The largest absolute Gasteiger partial charge is 0.504 e. The molecule has 8 heteroatoms. The smallest absolute Gasteiger partial charge is 0.329 e. The minimum Gasteiger partial charge on any atom is -0.504 e. The number of methoxy groups -OCH3 is 1. The molecule has 7 nitrogen and oxygen atoms in total. The van der Waals surface area contributed by atoms with Crippen LogP contribution in [0.4, 0.5) is 10.1 Å². The van der Waals surface area contributed by atoms with E-state index in [4.69, 9.17) is 4.74 Å². The highest BCUT2D eigenvalue weighted by Gasteiger charge is 2.12. The standard InChI is InChI=1S/C16H14FN3O4/c1-24-14-8-10(2-7-13(14)21)9-18-20-16(23)15(22)19-12-5-3-11(17)4-6-12/h2-9,21H,1H3,(H,19,22)(H,20,23). The second kappa shape index (κ2) is 7.73. The summed E-state index contributed by atoms with van der Waals surface area (Å²) in [6, 6.07) is 9.42. The van der Waals surface area contributed by atoms with Gasteiger partial charge in [0.1, 0.15) is 5.82 Å². The molecule has 2 aromatic carbocycles. The number of ether oxygens (including phenoxy) is 1. The molecule has 0 spiro atoms. The molecule has 0 heterocycles. The van der Waals surface area contributed by atoms with Crippen LogP contribution >= 0.6 is 0 Å². The van der Waals surface area contributed by atoms with Crippen LogP contribution in [0.25, 0.3) is 0 Å². The van der Waals surface area contributed by atoms with Crippen molar-refractivity contribution in [2.75, 3.05) is 12.4 Å². The lowest BCUT2D eigenvalue weighted by atomic mass is 10.2. The molecule has 24 heavy (non-hydrogen) atoms. The van der Waals surface area contributed by atoms with Crippen LogP contribution in [0.15, 0.2) is 47.6 Å². The number of amides is 2. The van der Waals surface area contributed by atoms with E-state index in [0.29, 0.717) is 5.56 Å². The van der Waals surface area contributed by atoms with E-state index in [1.807, 2.05) is 0 Å². The van der Waals surface area contributed by atoms with Crippen LogP contribution in [0.2, 0.25) is 0 Å². The number of halogens is 1. The summed E-state index contributed by atoms with van der Waals surface area (Å²) in [6.45, 7) is 0. The number of hydrogen-bond acceptors (Lipinski definition) is 5. The van der Waals surface area contributed by atoms with Gasteiger partial charge in [0.15, 0.2) is 11.5 Å². The fraction of sp³-hybridized carbons (Fsp3) is 0.0625. The van der Waals surface area contributed by atoms with Gasteiger partial charge in [0, 0.05) is 5.69 Å². The third-order valence-corrected chi connectivity index (χ3v) is 2.89. The highest BCUT2D eigenvalue weighted by molar-refractivity contribution is 6.39. The van der Waals surface area contributed by atoms with Gasteiger partial charge < -0.3 is 15.2 Å². The first kappa shape index (κ1) is 16.9. The summed E-state index contributed by atoms with van der Waals surface area (Å²) in [5.41, 5.74) is 2.88. The van der Waals surface area contributed by atoms with Crippen LogP contribution in [-0.4, -0.2) is 30.2 Å². The molecule has 3 N–H and O–H groups in total. The maximum atomic E-state index is 12.8. The Morgan fingerprint density at radius 2 is 1.88 bits per heavy atom. The molecule has 2 aromatic rings. The summed E-state index contributed by atoms with van der Waals surface area (Å²) in [7, 11) is 1.40. The van der Waals surface area contributed by atoms with Crippen LogP contribution in [0.1, 0.15) is 5.56 Å². The Labute approximate surface area is 136 Å². The molecule has 0 bridgehead atoms. The number of carbonyl (C=O) groups excluding carboxylic acids is 2. The fourth-order valence-electron chi connectivity index (χ4n) is 1.71. The van der Waals surface area contributed by atoms with Crippen molar-refractivity contribution in [2.24, 2.45) is 5.10 Å². The third-order valence-electron chi connectivity index (χ3n) is 2.89. The second-order valence-electron chi connectivity index (χ2n) is 4.59. The number of nitrogens with one attached hydrogen (secondary N) is 2. The van der Waals surface area contributed by atoms with Crippen molar-refractivity contribution in [3.8, 4) is 11.5 Å². The molecule has 0 aliphatic carbocycles. The van der Waals surface area contributed by atoms with Gasteiger partial charge >= 0.3 is 11.8 Å². The normalized spacial score (nSPS) is 10.4. The van der Waals surface area contributed by atoms with Gasteiger partial charge in [-0.3, -0.25) is 9.59 Å². The van der Waals surface area contributed by atoms with E-state index in [9.17, 15) is 19.1 Å². The van der Waals surface area contributed by atoms with E-state index < -0.39 is 17.6 Å². The van der Waals surface area contributed by atoms with Crippen LogP contribution in [0, 0.1) is 5.82 Å². The van der Waals surface area contributed by atoms with Crippen LogP contribution in [-0.2, 0) is 9.59 Å². The van der Waals surface area contributed by atoms with Crippen molar-refractivity contribution in [1.82, 2.24) is 5.43 Å². The molecular formula is C16H14FN3O4. The van der Waals surface area contributed by atoms with Crippen LogP contribution in [0.5, 0.6) is 11.5 Å². The van der Waals surface area contributed by atoms with E-state index in [0.717, 1.165) is 12.1 Å². The lowest BCUT2D eigenvalue weighted by Gasteiger charge is -2.04. The van der Waals surface area contributed by atoms with Crippen molar-refractivity contribution in [1.29, 1.82) is 0 Å². The number of phenolic OH excluding ortho intramolecular Hbond substituents is 1. The predicted octanol–water partition coefficient (Wildman–Crippen LogP) is 1.63. The van der Waals surface area contributed by atoms with Crippen molar-refractivity contribution in [3.63, 3.8) is 0 Å². The summed E-state index contributed by atoms with van der Waals surface area (Å²) in [5.74, 6) is -2.16. The van der Waals surface area contributed by atoms with Gasteiger partial charge in [-0.15, -0.1) is 0 Å². The number of anilines is 1. The highest BCUT2D eigenvalue weighted by Crippen LogP contribution is 2.25. The molecular weight excluding hydrogens is 317 g/mol. The third kappa shape index (κ3) is 4.54. The minimum atomic E-state index is -0.985. The van der Waals surface area contributed by atoms with Crippen molar-refractivity contribution in [2.45, 2.75) is 0 Å². The first-order valence-electron chi connectivity index (χ1n) is 6.76. The highest BCUT2D eigenvalue weighted by atomic mass is 19.1. The average molecular weight is 331 g/mol. The second-order valence-corrected chi connectivity index (χ2v) is 4.59. The van der Waals surface area contributed by atoms with Crippen LogP contribution in [0.3, 0.4) is 0 Å². The SMILES string of the molecule is COc1cc(C=NNC(=O)C(=O)Nc2ccc(F)cc2)ccc1O. The molecule has 0 unspecified atom stereocenters. The predicted molar refractivity (Wildman–Crippen MR) is 85.4 cm³/mol. The minimum absolute atomic E-state index is 0.0302. The molecule has 0 fully saturated rings. The van der Waals surface area contributed by atoms with E-state index >= 15 is 0 Å². The summed E-state index contributed by atoms with van der Waals surface area (Å²) in [6.07, 6.45) is 1.28. The zero-order valence-electron chi connectivity index (χ0n) is 12.6. The summed E-state index contributed by atoms with van der Waals surface area (Å²) >= 11 is 0. The van der Waals surface area contributed by atoms with Gasteiger partial charge in [-0.1, -0.05) is 0 Å². The monoisotopic (exact) mass is 331 g/mol. The molecule has 0 atom stereocenters. The van der Waals surface area contributed by atoms with E-state index in [2.05, 4.69) is 15.8 Å². The molecule has 0 saturated heterocycles. The number of benzene rings is 2. The lowest BCUT2D eigenvalue weighted by molar-refractivity contribution is -0.136. The Hall–Kier alpha value is -3.42. The Balaban J connectivity index is 1.92. The Bertz CT molecular complexity index is 775. The first-order chi connectivity index (χ1) is 11.5. The Kier molecular flexibility index (Phi) is 5.45. The maximum absolute atomic E-state index is 12.8. The zero-order valence-corrected chi connectivity index (χ0v) is 12.6. The summed E-state index contributed by atoms with van der Waals surface area (Å²) in [4.78, 5) is 23.2. The lowest BCUT2D eigenvalue weighted by Crippen LogP contribution is -2.32. The first-order valence-corrected chi connectivity index (χ1v) is 6.76. The fourth-order valence-corrected chi connectivity index (χ4v) is 1.71. The average Bonchev–Trinajstić information content (AvgIpc) is 2.58.